The molecule has 0 bridgehead atoms. The molecular formula is C19H21ClN2O2. The van der Waals surface area contributed by atoms with Gasteiger partial charge in [0.05, 0.1) is 0 Å². The summed E-state index contributed by atoms with van der Waals surface area (Å²) in [5.41, 5.74) is 3.74. The number of amides is 1. The third-order valence-electron chi connectivity index (χ3n) is 4.29. The van der Waals surface area contributed by atoms with E-state index in [2.05, 4.69) is 10.6 Å². The molecule has 1 fully saturated rings. The lowest BCUT2D eigenvalue weighted by Crippen LogP contribution is -2.28. The van der Waals surface area contributed by atoms with Crippen LogP contribution in [0.25, 0.3) is 0 Å². The van der Waals surface area contributed by atoms with Crippen molar-refractivity contribution in [1.29, 1.82) is 0 Å². The first-order valence-corrected chi connectivity index (χ1v) is 8.52. The third-order valence-corrected chi connectivity index (χ3v) is 4.70. The molecule has 4 nitrogen and oxygen atoms in total. The minimum Gasteiger partial charge on any atom is -0.381 e. The summed E-state index contributed by atoms with van der Waals surface area (Å²) >= 11 is 6.14. The Hall–Kier alpha value is -2.04. The maximum atomic E-state index is 12.2. The van der Waals surface area contributed by atoms with E-state index >= 15 is 0 Å². The molecule has 1 amide bonds. The van der Waals surface area contributed by atoms with Gasteiger partial charge in [0.2, 0.25) is 5.91 Å². The van der Waals surface area contributed by atoms with E-state index in [-0.39, 0.29) is 11.8 Å². The third kappa shape index (κ3) is 4.08. The fraction of sp³-hybridized carbons (Fsp3) is 0.316. The molecule has 0 saturated carbocycles. The minimum absolute atomic E-state index is 0.0469. The molecule has 0 radical (unpaired) electrons. The molecule has 1 aliphatic rings. The topological polar surface area (TPSA) is 50.4 Å². The highest BCUT2D eigenvalue weighted by Gasteiger charge is 2.21. The van der Waals surface area contributed by atoms with Crippen molar-refractivity contribution < 1.29 is 9.53 Å². The van der Waals surface area contributed by atoms with E-state index in [0.717, 1.165) is 40.5 Å². The van der Waals surface area contributed by atoms with Crippen molar-refractivity contribution in [3.63, 3.8) is 0 Å². The van der Waals surface area contributed by atoms with Gasteiger partial charge >= 0.3 is 0 Å². The average molecular weight is 345 g/mol. The van der Waals surface area contributed by atoms with Crippen LogP contribution in [0.1, 0.15) is 18.4 Å². The van der Waals surface area contributed by atoms with E-state index in [9.17, 15) is 4.79 Å². The molecule has 0 spiro atoms. The number of nitrogens with one attached hydrogen (secondary N) is 2. The molecule has 1 heterocycles. The zero-order chi connectivity index (χ0) is 16.9. The van der Waals surface area contributed by atoms with Gasteiger partial charge in [-0.05, 0) is 61.7 Å². The van der Waals surface area contributed by atoms with Crippen molar-refractivity contribution in [3.05, 3.63) is 53.1 Å². The maximum absolute atomic E-state index is 12.2. The summed E-state index contributed by atoms with van der Waals surface area (Å²) in [5.74, 6) is 0.121. The monoisotopic (exact) mass is 344 g/mol. The molecule has 2 aromatic rings. The average Bonchev–Trinajstić information content (AvgIpc) is 2.61. The summed E-state index contributed by atoms with van der Waals surface area (Å²) < 4.78 is 5.29. The molecule has 1 aliphatic heterocycles. The van der Waals surface area contributed by atoms with Crippen LogP contribution in [0, 0.1) is 12.8 Å². The zero-order valence-corrected chi connectivity index (χ0v) is 14.4. The van der Waals surface area contributed by atoms with Crippen molar-refractivity contribution in [2.24, 2.45) is 5.92 Å². The van der Waals surface area contributed by atoms with Gasteiger partial charge in [-0.1, -0.05) is 17.7 Å². The Balaban J connectivity index is 1.62. The van der Waals surface area contributed by atoms with E-state index < -0.39 is 0 Å². The van der Waals surface area contributed by atoms with Crippen LogP contribution >= 0.6 is 11.6 Å². The Bertz CT molecular complexity index is 710. The molecule has 2 N–H and O–H groups in total. The summed E-state index contributed by atoms with van der Waals surface area (Å²) in [4.78, 5) is 12.2. The molecule has 2 aromatic carbocycles. The van der Waals surface area contributed by atoms with E-state index in [4.69, 9.17) is 16.3 Å². The van der Waals surface area contributed by atoms with E-state index in [1.807, 2.05) is 49.4 Å². The Morgan fingerprint density at radius 2 is 1.75 bits per heavy atom. The molecule has 1 saturated heterocycles. The van der Waals surface area contributed by atoms with Crippen molar-refractivity contribution in [1.82, 2.24) is 0 Å². The molecular weight excluding hydrogens is 324 g/mol. The van der Waals surface area contributed by atoms with Crippen LogP contribution < -0.4 is 10.6 Å². The first-order valence-electron chi connectivity index (χ1n) is 8.14. The fourth-order valence-electron chi connectivity index (χ4n) is 2.74. The van der Waals surface area contributed by atoms with Crippen LogP contribution in [0.15, 0.2) is 42.5 Å². The highest BCUT2D eigenvalue weighted by atomic mass is 35.5. The highest BCUT2D eigenvalue weighted by molar-refractivity contribution is 6.31. The van der Waals surface area contributed by atoms with Gasteiger partial charge in [-0.3, -0.25) is 4.79 Å². The van der Waals surface area contributed by atoms with Crippen LogP contribution in [0.4, 0.5) is 17.1 Å². The van der Waals surface area contributed by atoms with Crippen LogP contribution in [-0.2, 0) is 9.53 Å². The summed E-state index contributed by atoms with van der Waals surface area (Å²) in [6.07, 6.45) is 1.58. The van der Waals surface area contributed by atoms with E-state index in [1.165, 1.54) is 0 Å². The van der Waals surface area contributed by atoms with Crippen molar-refractivity contribution in [3.8, 4) is 0 Å². The molecule has 126 valence electrons. The molecule has 5 heteroatoms. The summed E-state index contributed by atoms with van der Waals surface area (Å²) in [6.45, 7) is 3.31. The SMILES string of the molecule is Cc1c(Cl)cccc1Nc1ccc(NC(=O)C2CCOCC2)cc1. The standard InChI is InChI=1S/C19H21ClN2O2/c1-13-17(20)3-2-4-18(13)21-15-5-7-16(8-6-15)22-19(23)14-9-11-24-12-10-14/h2-8,14,21H,9-12H2,1H3,(H,22,23). The van der Waals surface area contributed by atoms with Crippen LogP contribution in [-0.4, -0.2) is 19.1 Å². The lowest BCUT2D eigenvalue weighted by molar-refractivity contribution is -0.122. The number of carbonyl (C=O) groups excluding carboxylic acids is 1. The Morgan fingerprint density at radius 3 is 2.46 bits per heavy atom. The second-order valence-corrected chi connectivity index (χ2v) is 6.40. The fourth-order valence-corrected chi connectivity index (χ4v) is 2.91. The lowest BCUT2D eigenvalue weighted by atomic mass is 9.99. The predicted octanol–water partition coefficient (Wildman–Crippen LogP) is 4.76. The largest absolute Gasteiger partial charge is 0.381 e. The second-order valence-electron chi connectivity index (χ2n) is 5.99. The summed E-state index contributed by atoms with van der Waals surface area (Å²) in [7, 11) is 0. The second kappa shape index (κ2) is 7.69. The van der Waals surface area contributed by atoms with Crippen LogP contribution in [0.3, 0.4) is 0 Å². The zero-order valence-electron chi connectivity index (χ0n) is 13.6. The smallest absolute Gasteiger partial charge is 0.227 e. The quantitative estimate of drug-likeness (QED) is 0.841. The van der Waals surface area contributed by atoms with Crippen molar-refractivity contribution >= 4 is 34.6 Å². The minimum atomic E-state index is 0.0469. The van der Waals surface area contributed by atoms with Crippen molar-refractivity contribution in [2.75, 3.05) is 23.8 Å². The van der Waals surface area contributed by atoms with Gasteiger partial charge < -0.3 is 15.4 Å². The summed E-state index contributed by atoms with van der Waals surface area (Å²) in [5, 5.41) is 7.06. The molecule has 0 unspecified atom stereocenters. The van der Waals surface area contributed by atoms with Gasteiger partial charge in [0.15, 0.2) is 0 Å². The number of carbonyl (C=O) groups is 1. The van der Waals surface area contributed by atoms with Crippen LogP contribution in [0.2, 0.25) is 5.02 Å². The Labute approximate surface area is 147 Å². The van der Waals surface area contributed by atoms with Gasteiger partial charge in [-0.2, -0.15) is 0 Å². The van der Waals surface area contributed by atoms with E-state index in [0.29, 0.717) is 13.2 Å². The van der Waals surface area contributed by atoms with Gasteiger partial charge in [0, 0.05) is 41.2 Å². The number of hydrogen-bond donors (Lipinski definition) is 2. The number of benzene rings is 2. The molecule has 0 atom stereocenters. The van der Waals surface area contributed by atoms with Gasteiger partial charge in [-0.15, -0.1) is 0 Å². The normalized spacial score (nSPS) is 15.1. The molecule has 0 aromatic heterocycles. The number of ether oxygens (including phenoxy) is 1. The molecule has 3 rings (SSSR count). The van der Waals surface area contributed by atoms with E-state index in [1.54, 1.807) is 0 Å². The van der Waals surface area contributed by atoms with Crippen molar-refractivity contribution in [2.45, 2.75) is 19.8 Å². The lowest BCUT2D eigenvalue weighted by Gasteiger charge is -2.21. The van der Waals surface area contributed by atoms with Gasteiger partial charge in [0.25, 0.3) is 0 Å². The first kappa shape index (κ1) is 16.8. The van der Waals surface area contributed by atoms with Gasteiger partial charge in [-0.25, -0.2) is 0 Å². The predicted molar refractivity (Wildman–Crippen MR) is 98.1 cm³/mol. The number of rotatable bonds is 4. The Kier molecular flexibility index (Phi) is 5.38. The van der Waals surface area contributed by atoms with Gasteiger partial charge in [0.1, 0.15) is 0 Å². The Morgan fingerprint density at radius 1 is 1.08 bits per heavy atom. The molecule has 24 heavy (non-hydrogen) atoms. The molecule has 0 aliphatic carbocycles. The summed E-state index contributed by atoms with van der Waals surface area (Å²) in [6, 6.07) is 13.5. The number of hydrogen-bond acceptors (Lipinski definition) is 3. The maximum Gasteiger partial charge on any atom is 0.227 e. The van der Waals surface area contributed by atoms with Crippen LogP contribution in [0.5, 0.6) is 0 Å². The first-order chi connectivity index (χ1) is 11.6. The highest BCUT2D eigenvalue weighted by Crippen LogP contribution is 2.27. The number of anilines is 3. The number of halogens is 1.